The number of nitrogens with one attached hydrogen (secondary N) is 1. The van der Waals surface area contributed by atoms with Gasteiger partial charge in [0, 0.05) is 18.2 Å². The summed E-state index contributed by atoms with van der Waals surface area (Å²) in [7, 11) is 1.47. The first-order valence-electron chi connectivity index (χ1n) is 6.07. The maximum Gasteiger partial charge on any atom is 0.249 e. The zero-order chi connectivity index (χ0) is 14.5. The topological polar surface area (TPSA) is 64.3 Å². The second kappa shape index (κ2) is 6.06. The van der Waals surface area contributed by atoms with E-state index >= 15 is 0 Å². The van der Waals surface area contributed by atoms with Crippen molar-refractivity contribution in [1.29, 1.82) is 0 Å². The summed E-state index contributed by atoms with van der Waals surface area (Å²) >= 11 is 0. The maximum atomic E-state index is 13.1. The van der Waals surface area contributed by atoms with Gasteiger partial charge in [0.2, 0.25) is 5.91 Å². The number of ether oxygens (including phenoxy) is 1. The van der Waals surface area contributed by atoms with Crippen LogP contribution in [0.15, 0.2) is 42.5 Å². The number of benzene rings is 2. The Kier molecular flexibility index (Phi) is 4.20. The van der Waals surface area contributed by atoms with E-state index in [1.54, 1.807) is 18.2 Å². The molecule has 0 aliphatic carbocycles. The first-order valence-corrected chi connectivity index (χ1v) is 6.07. The Morgan fingerprint density at radius 1 is 1.30 bits per heavy atom. The fourth-order valence-corrected chi connectivity index (χ4v) is 1.92. The quantitative estimate of drug-likeness (QED) is 0.880. The fraction of sp³-hybridized carbons (Fsp3) is 0.133. The van der Waals surface area contributed by atoms with Gasteiger partial charge in [0.1, 0.15) is 11.6 Å². The van der Waals surface area contributed by atoms with E-state index in [1.165, 1.54) is 19.2 Å². The molecule has 0 atom stereocenters. The van der Waals surface area contributed by atoms with Gasteiger partial charge >= 0.3 is 0 Å². The summed E-state index contributed by atoms with van der Waals surface area (Å²) in [5.74, 6) is -0.444. The summed E-state index contributed by atoms with van der Waals surface area (Å²) in [6.45, 7) is 0.390. The lowest BCUT2D eigenvalue weighted by molar-refractivity contribution is 0.0999. The fourth-order valence-electron chi connectivity index (χ4n) is 1.92. The third-order valence-electron chi connectivity index (χ3n) is 2.92. The standard InChI is InChI=1S/C15H15FN2O2/c1-20-14-8-11(16)6-7-13(14)18-9-10-4-2-3-5-12(10)15(17)19/h2-8,18H,9H2,1H3,(H2,17,19). The number of methoxy groups -OCH3 is 1. The van der Waals surface area contributed by atoms with E-state index in [0.29, 0.717) is 23.5 Å². The number of carbonyl (C=O) groups is 1. The summed E-state index contributed by atoms with van der Waals surface area (Å²) in [6, 6.07) is 11.3. The Bertz CT molecular complexity index is 629. The zero-order valence-corrected chi connectivity index (χ0v) is 11.0. The molecule has 0 aliphatic heterocycles. The number of rotatable bonds is 5. The first kappa shape index (κ1) is 13.9. The van der Waals surface area contributed by atoms with Crippen molar-refractivity contribution in [2.24, 2.45) is 5.73 Å². The second-order valence-corrected chi connectivity index (χ2v) is 4.22. The Morgan fingerprint density at radius 2 is 2.05 bits per heavy atom. The van der Waals surface area contributed by atoms with E-state index < -0.39 is 5.91 Å². The highest BCUT2D eigenvalue weighted by molar-refractivity contribution is 5.94. The van der Waals surface area contributed by atoms with E-state index in [9.17, 15) is 9.18 Å². The van der Waals surface area contributed by atoms with Crippen LogP contribution in [-0.4, -0.2) is 13.0 Å². The molecule has 104 valence electrons. The first-order chi connectivity index (χ1) is 9.61. The number of anilines is 1. The Hall–Kier alpha value is -2.56. The highest BCUT2D eigenvalue weighted by atomic mass is 19.1. The number of halogens is 1. The summed E-state index contributed by atoms with van der Waals surface area (Å²) in [6.07, 6.45) is 0. The number of amides is 1. The minimum Gasteiger partial charge on any atom is -0.494 e. The summed E-state index contributed by atoms with van der Waals surface area (Å²) < 4.78 is 18.2. The van der Waals surface area contributed by atoms with Gasteiger partial charge in [-0.1, -0.05) is 18.2 Å². The van der Waals surface area contributed by atoms with E-state index in [1.807, 2.05) is 12.1 Å². The van der Waals surface area contributed by atoms with Crippen LogP contribution in [0.2, 0.25) is 0 Å². The molecule has 0 aliphatic rings. The molecule has 3 N–H and O–H groups in total. The van der Waals surface area contributed by atoms with Crippen LogP contribution in [0.4, 0.5) is 10.1 Å². The lowest BCUT2D eigenvalue weighted by Gasteiger charge is -2.12. The average molecular weight is 274 g/mol. The molecule has 0 saturated carbocycles. The van der Waals surface area contributed by atoms with Crippen LogP contribution in [0.25, 0.3) is 0 Å². The van der Waals surface area contributed by atoms with Gasteiger partial charge in [-0.25, -0.2) is 4.39 Å². The molecule has 0 saturated heterocycles. The van der Waals surface area contributed by atoms with Crippen LogP contribution >= 0.6 is 0 Å². The molecule has 1 amide bonds. The number of hydrogen-bond acceptors (Lipinski definition) is 3. The van der Waals surface area contributed by atoms with Crippen LogP contribution in [0.3, 0.4) is 0 Å². The molecule has 0 bridgehead atoms. The molecule has 0 unspecified atom stereocenters. The third-order valence-corrected chi connectivity index (χ3v) is 2.92. The summed E-state index contributed by atoms with van der Waals surface area (Å²) in [5.41, 5.74) is 7.19. The van der Waals surface area contributed by atoms with Gasteiger partial charge in [0.05, 0.1) is 12.8 Å². The van der Waals surface area contributed by atoms with Crippen molar-refractivity contribution in [3.63, 3.8) is 0 Å². The van der Waals surface area contributed by atoms with E-state index in [0.717, 1.165) is 5.56 Å². The molecule has 2 aromatic rings. The van der Waals surface area contributed by atoms with Gasteiger partial charge in [-0.05, 0) is 23.8 Å². The van der Waals surface area contributed by atoms with Gasteiger partial charge in [0.15, 0.2) is 0 Å². The van der Waals surface area contributed by atoms with Gasteiger partial charge in [0.25, 0.3) is 0 Å². The number of nitrogens with two attached hydrogens (primary N) is 1. The zero-order valence-electron chi connectivity index (χ0n) is 11.0. The minimum absolute atomic E-state index is 0.370. The monoisotopic (exact) mass is 274 g/mol. The van der Waals surface area contributed by atoms with E-state index in [4.69, 9.17) is 10.5 Å². The Morgan fingerprint density at radius 3 is 2.75 bits per heavy atom. The number of hydrogen-bond donors (Lipinski definition) is 2. The minimum atomic E-state index is -0.478. The third kappa shape index (κ3) is 3.06. The molecule has 20 heavy (non-hydrogen) atoms. The van der Waals surface area contributed by atoms with Gasteiger partial charge in [-0.2, -0.15) is 0 Å². The van der Waals surface area contributed by atoms with Crippen molar-refractivity contribution >= 4 is 11.6 Å². The van der Waals surface area contributed by atoms with E-state index in [-0.39, 0.29) is 5.82 Å². The van der Waals surface area contributed by atoms with Crippen molar-refractivity contribution in [2.75, 3.05) is 12.4 Å². The van der Waals surface area contributed by atoms with Crippen LogP contribution in [0.1, 0.15) is 15.9 Å². The highest BCUT2D eigenvalue weighted by Gasteiger charge is 2.08. The molecule has 0 fully saturated rings. The Labute approximate surface area is 116 Å². The SMILES string of the molecule is COc1cc(F)ccc1NCc1ccccc1C(N)=O. The lowest BCUT2D eigenvalue weighted by atomic mass is 10.1. The number of carbonyl (C=O) groups excluding carboxylic acids is 1. The normalized spacial score (nSPS) is 10.1. The smallest absolute Gasteiger partial charge is 0.249 e. The van der Waals surface area contributed by atoms with Crippen LogP contribution in [-0.2, 0) is 6.54 Å². The molecule has 2 aromatic carbocycles. The average Bonchev–Trinajstić information content (AvgIpc) is 2.46. The van der Waals surface area contributed by atoms with Crippen molar-refractivity contribution in [1.82, 2.24) is 0 Å². The highest BCUT2D eigenvalue weighted by Crippen LogP contribution is 2.25. The maximum absolute atomic E-state index is 13.1. The van der Waals surface area contributed by atoms with Crippen molar-refractivity contribution in [3.8, 4) is 5.75 Å². The predicted octanol–water partition coefficient (Wildman–Crippen LogP) is 2.55. The lowest BCUT2D eigenvalue weighted by Crippen LogP contribution is -2.15. The molecule has 0 heterocycles. The molecular formula is C15H15FN2O2. The van der Waals surface area contributed by atoms with Gasteiger partial charge in [-0.15, -0.1) is 0 Å². The predicted molar refractivity (Wildman–Crippen MR) is 75.2 cm³/mol. The van der Waals surface area contributed by atoms with Crippen LogP contribution in [0, 0.1) is 5.82 Å². The molecular weight excluding hydrogens is 259 g/mol. The molecule has 0 aromatic heterocycles. The van der Waals surface area contributed by atoms with E-state index in [2.05, 4.69) is 5.32 Å². The van der Waals surface area contributed by atoms with Crippen LogP contribution in [0.5, 0.6) is 5.75 Å². The molecule has 0 spiro atoms. The second-order valence-electron chi connectivity index (χ2n) is 4.22. The van der Waals surface area contributed by atoms with Gasteiger partial charge in [-0.3, -0.25) is 4.79 Å². The Balaban J connectivity index is 2.19. The number of primary amides is 1. The van der Waals surface area contributed by atoms with Crippen molar-refractivity contribution in [2.45, 2.75) is 6.54 Å². The molecule has 0 radical (unpaired) electrons. The van der Waals surface area contributed by atoms with Gasteiger partial charge < -0.3 is 15.8 Å². The van der Waals surface area contributed by atoms with Crippen molar-refractivity contribution < 1.29 is 13.9 Å². The summed E-state index contributed by atoms with van der Waals surface area (Å²) in [4.78, 5) is 11.3. The molecule has 5 heteroatoms. The summed E-state index contributed by atoms with van der Waals surface area (Å²) in [5, 5.41) is 3.10. The largest absolute Gasteiger partial charge is 0.494 e. The molecule has 4 nitrogen and oxygen atoms in total. The van der Waals surface area contributed by atoms with Crippen LogP contribution < -0.4 is 15.8 Å². The molecule has 2 rings (SSSR count). The van der Waals surface area contributed by atoms with Crippen molar-refractivity contribution in [3.05, 3.63) is 59.4 Å².